The van der Waals surface area contributed by atoms with Gasteiger partial charge in [-0.05, 0) is 60.7 Å². The highest BCUT2D eigenvalue weighted by Gasteiger charge is 2.09. The molecular formula is C17H18Cl2O2. The molecule has 112 valence electrons. The lowest BCUT2D eigenvalue weighted by Gasteiger charge is -2.12. The molecule has 0 saturated carbocycles. The molecule has 2 nitrogen and oxygen atoms in total. The van der Waals surface area contributed by atoms with Crippen molar-refractivity contribution in [1.82, 2.24) is 0 Å². The standard InChI is InChI=1S/C17H18Cl2O2/c1-21-16-7-3-12(4-8-16)2-6-15(20)11-13-10-14(18)5-9-17(13)19/h3-5,7-10,15,20H,2,6,11H2,1H3. The summed E-state index contributed by atoms with van der Waals surface area (Å²) in [5.41, 5.74) is 2.05. The maximum Gasteiger partial charge on any atom is 0.118 e. The average Bonchev–Trinajstić information content (AvgIpc) is 2.49. The maximum absolute atomic E-state index is 10.2. The van der Waals surface area contributed by atoms with E-state index in [1.165, 1.54) is 5.56 Å². The van der Waals surface area contributed by atoms with E-state index in [2.05, 4.69) is 0 Å². The summed E-state index contributed by atoms with van der Waals surface area (Å²) in [6, 6.07) is 13.2. The Balaban J connectivity index is 1.89. The second-order valence-corrected chi connectivity index (χ2v) is 5.82. The van der Waals surface area contributed by atoms with Gasteiger partial charge in [0.15, 0.2) is 0 Å². The minimum absolute atomic E-state index is 0.442. The van der Waals surface area contributed by atoms with E-state index >= 15 is 0 Å². The first-order valence-electron chi connectivity index (χ1n) is 6.83. The molecule has 0 aromatic heterocycles. The number of rotatable bonds is 6. The van der Waals surface area contributed by atoms with Crippen molar-refractivity contribution in [2.24, 2.45) is 0 Å². The third-order valence-corrected chi connectivity index (χ3v) is 3.99. The normalized spacial score (nSPS) is 12.2. The van der Waals surface area contributed by atoms with Crippen molar-refractivity contribution in [2.75, 3.05) is 7.11 Å². The molecule has 0 aliphatic rings. The van der Waals surface area contributed by atoms with Crippen LogP contribution in [0.25, 0.3) is 0 Å². The summed E-state index contributed by atoms with van der Waals surface area (Å²) in [4.78, 5) is 0. The van der Waals surface area contributed by atoms with Crippen molar-refractivity contribution in [3.05, 3.63) is 63.6 Å². The molecule has 2 rings (SSSR count). The Morgan fingerprint density at radius 2 is 1.81 bits per heavy atom. The number of aliphatic hydroxyl groups is 1. The van der Waals surface area contributed by atoms with Crippen molar-refractivity contribution in [3.8, 4) is 5.75 Å². The number of ether oxygens (including phenoxy) is 1. The lowest BCUT2D eigenvalue weighted by molar-refractivity contribution is 0.165. The molecular weight excluding hydrogens is 307 g/mol. The smallest absolute Gasteiger partial charge is 0.118 e. The number of hydrogen-bond donors (Lipinski definition) is 1. The van der Waals surface area contributed by atoms with Crippen LogP contribution in [0.3, 0.4) is 0 Å². The molecule has 4 heteroatoms. The Kier molecular flexibility index (Phi) is 5.92. The molecule has 0 aliphatic heterocycles. The van der Waals surface area contributed by atoms with E-state index in [0.29, 0.717) is 22.9 Å². The maximum atomic E-state index is 10.2. The van der Waals surface area contributed by atoms with Gasteiger partial charge in [-0.25, -0.2) is 0 Å². The molecule has 0 aliphatic carbocycles. The largest absolute Gasteiger partial charge is 0.497 e. The topological polar surface area (TPSA) is 29.5 Å². The van der Waals surface area contributed by atoms with Crippen LogP contribution in [0.4, 0.5) is 0 Å². The van der Waals surface area contributed by atoms with E-state index < -0.39 is 6.10 Å². The Hall–Kier alpha value is -1.22. The minimum Gasteiger partial charge on any atom is -0.497 e. The zero-order valence-electron chi connectivity index (χ0n) is 11.9. The summed E-state index contributed by atoms with van der Waals surface area (Å²) in [6.07, 6.45) is 1.55. The van der Waals surface area contributed by atoms with Crippen LogP contribution in [0.5, 0.6) is 5.75 Å². The molecule has 21 heavy (non-hydrogen) atoms. The molecule has 1 unspecified atom stereocenters. The van der Waals surface area contributed by atoms with Crippen molar-refractivity contribution >= 4 is 23.2 Å². The van der Waals surface area contributed by atoms with Gasteiger partial charge in [-0.3, -0.25) is 0 Å². The second kappa shape index (κ2) is 7.69. The van der Waals surface area contributed by atoms with E-state index in [0.717, 1.165) is 17.7 Å². The van der Waals surface area contributed by atoms with Crippen LogP contribution < -0.4 is 4.74 Å². The Morgan fingerprint density at radius 1 is 1.10 bits per heavy atom. The average molecular weight is 325 g/mol. The molecule has 0 spiro atoms. The number of halogens is 2. The van der Waals surface area contributed by atoms with Crippen molar-refractivity contribution in [2.45, 2.75) is 25.4 Å². The molecule has 0 saturated heterocycles. The zero-order chi connectivity index (χ0) is 15.2. The van der Waals surface area contributed by atoms with Gasteiger partial charge in [-0.15, -0.1) is 0 Å². The molecule has 1 N–H and O–H groups in total. The summed E-state index contributed by atoms with van der Waals surface area (Å²) in [5.74, 6) is 0.838. The lowest BCUT2D eigenvalue weighted by atomic mass is 10.0. The number of benzene rings is 2. The highest BCUT2D eigenvalue weighted by Crippen LogP contribution is 2.23. The Bertz CT molecular complexity index is 582. The summed E-state index contributed by atoms with van der Waals surface area (Å²) in [7, 11) is 1.65. The van der Waals surface area contributed by atoms with E-state index in [-0.39, 0.29) is 0 Å². The zero-order valence-corrected chi connectivity index (χ0v) is 13.4. The highest BCUT2D eigenvalue weighted by molar-refractivity contribution is 6.33. The van der Waals surface area contributed by atoms with Gasteiger partial charge in [0, 0.05) is 10.0 Å². The fraction of sp³-hybridized carbons (Fsp3) is 0.294. The van der Waals surface area contributed by atoms with Crippen LogP contribution in [0.1, 0.15) is 17.5 Å². The first kappa shape index (κ1) is 16.2. The third kappa shape index (κ3) is 4.92. The predicted octanol–water partition coefficient (Wildman–Crippen LogP) is 4.54. The van der Waals surface area contributed by atoms with Gasteiger partial charge < -0.3 is 9.84 Å². The molecule has 0 amide bonds. The van der Waals surface area contributed by atoms with E-state index in [4.69, 9.17) is 27.9 Å². The van der Waals surface area contributed by atoms with Gasteiger partial charge in [-0.2, -0.15) is 0 Å². The number of aliphatic hydroxyl groups excluding tert-OH is 1. The highest BCUT2D eigenvalue weighted by atomic mass is 35.5. The van der Waals surface area contributed by atoms with Crippen LogP contribution in [0.2, 0.25) is 10.0 Å². The molecule has 2 aromatic rings. The van der Waals surface area contributed by atoms with Gasteiger partial charge >= 0.3 is 0 Å². The van der Waals surface area contributed by atoms with Crippen molar-refractivity contribution in [1.29, 1.82) is 0 Å². The summed E-state index contributed by atoms with van der Waals surface area (Å²) >= 11 is 12.1. The monoisotopic (exact) mass is 324 g/mol. The summed E-state index contributed by atoms with van der Waals surface area (Å²) in [5, 5.41) is 11.4. The predicted molar refractivity (Wildman–Crippen MR) is 87.5 cm³/mol. The number of methoxy groups -OCH3 is 1. The number of aryl methyl sites for hydroxylation is 1. The first-order valence-corrected chi connectivity index (χ1v) is 7.59. The molecule has 0 fully saturated rings. The van der Waals surface area contributed by atoms with E-state index in [1.54, 1.807) is 25.3 Å². The van der Waals surface area contributed by atoms with Crippen LogP contribution >= 0.6 is 23.2 Å². The number of hydrogen-bond acceptors (Lipinski definition) is 2. The molecule has 0 heterocycles. The van der Waals surface area contributed by atoms with Gasteiger partial charge in [0.05, 0.1) is 13.2 Å². The molecule has 0 radical (unpaired) electrons. The van der Waals surface area contributed by atoms with Crippen LogP contribution in [-0.2, 0) is 12.8 Å². The van der Waals surface area contributed by atoms with Crippen molar-refractivity contribution < 1.29 is 9.84 Å². The Morgan fingerprint density at radius 3 is 2.48 bits per heavy atom. The molecule has 1 atom stereocenters. The van der Waals surface area contributed by atoms with Crippen LogP contribution in [-0.4, -0.2) is 18.3 Å². The van der Waals surface area contributed by atoms with Crippen LogP contribution in [0.15, 0.2) is 42.5 Å². The second-order valence-electron chi connectivity index (χ2n) is 4.98. The molecule has 2 aromatic carbocycles. The fourth-order valence-corrected chi connectivity index (χ4v) is 2.57. The quantitative estimate of drug-likeness (QED) is 0.845. The minimum atomic E-state index is -0.442. The summed E-state index contributed by atoms with van der Waals surface area (Å²) < 4.78 is 5.12. The molecule has 0 bridgehead atoms. The Labute approximate surface area is 135 Å². The third-order valence-electron chi connectivity index (χ3n) is 3.39. The van der Waals surface area contributed by atoms with Gasteiger partial charge in [-0.1, -0.05) is 35.3 Å². The van der Waals surface area contributed by atoms with Gasteiger partial charge in [0.25, 0.3) is 0 Å². The van der Waals surface area contributed by atoms with Gasteiger partial charge in [0.1, 0.15) is 5.75 Å². The van der Waals surface area contributed by atoms with E-state index in [1.807, 2.05) is 24.3 Å². The SMILES string of the molecule is COc1ccc(CCC(O)Cc2cc(Cl)ccc2Cl)cc1. The van der Waals surface area contributed by atoms with Crippen LogP contribution in [0, 0.1) is 0 Å². The first-order chi connectivity index (χ1) is 10.1. The fourth-order valence-electron chi connectivity index (χ4n) is 2.18. The van der Waals surface area contributed by atoms with Crippen molar-refractivity contribution in [3.63, 3.8) is 0 Å². The van der Waals surface area contributed by atoms with E-state index in [9.17, 15) is 5.11 Å². The summed E-state index contributed by atoms with van der Waals surface area (Å²) in [6.45, 7) is 0. The lowest BCUT2D eigenvalue weighted by Crippen LogP contribution is -2.12. The van der Waals surface area contributed by atoms with Gasteiger partial charge in [0.2, 0.25) is 0 Å².